The Kier molecular flexibility index (Phi) is 5.85. The van der Waals surface area contributed by atoms with Crippen LogP contribution in [0.1, 0.15) is 45.7 Å². The van der Waals surface area contributed by atoms with Crippen LogP contribution in [0.5, 0.6) is 0 Å². The number of nitrogens with zero attached hydrogens (tertiary/aromatic N) is 2. The van der Waals surface area contributed by atoms with E-state index in [4.69, 9.17) is 0 Å². The van der Waals surface area contributed by atoms with Crippen molar-refractivity contribution in [3.8, 4) is 0 Å². The van der Waals surface area contributed by atoms with Crippen LogP contribution >= 0.6 is 0 Å². The molecule has 0 saturated carbocycles. The lowest BCUT2D eigenvalue weighted by Gasteiger charge is -2.12. The summed E-state index contributed by atoms with van der Waals surface area (Å²) in [6, 6.07) is 0.426. The molecule has 5 heteroatoms. The molecule has 0 aliphatic heterocycles. The Balaban J connectivity index is 2.28. The number of hydrogen-bond acceptors (Lipinski definition) is 3. The highest BCUT2D eigenvalue weighted by Gasteiger charge is 2.08. The van der Waals surface area contributed by atoms with Gasteiger partial charge in [0.2, 0.25) is 5.91 Å². The second-order valence-electron chi connectivity index (χ2n) is 4.78. The maximum Gasteiger partial charge on any atom is 0.221 e. The molecule has 1 aromatic rings. The summed E-state index contributed by atoms with van der Waals surface area (Å²) in [5, 5.41) is 10.4. The molecule has 0 fully saturated rings. The van der Waals surface area contributed by atoms with E-state index in [9.17, 15) is 4.79 Å². The summed E-state index contributed by atoms with van der Waals surface area (Å²) in [4.78, 5) is 11.5. The van der Waals surface area contributed by atoms with Crippen molar-refractivity contribution in [3.63, 3.8) is 0 Å². The molecule has 1 rings (SSSR count). The zero-order valence-electron chi connectivity index (χ0n) is 11.7. The van der Waals surface area contributed by atoms with Gasteiger partial charge in [-0.1, -0.05) is 0 Å². The second kappa shape index (κ2) is 7.16. The van der Waals surface area contributed by atoms with E-state index in [1.165, 1.54) is 0 Å². The largest absolute Gasteiger partial charge is 0.354 e. The van der Waals surface area contributed by atoms with E-state index in [2.05, 4.69) is 29.6 Å². The molecule has 0 spiro atoms. The predicted octanol–water partition coefficient (Wildman–Crippen LogP) is 1.47. The SMILES string of the molecule is CCn1cc(C(C)NCCC(=O)NC(C)C)cn1. The Morgan fingerprint density at radius 1 is 1.44 bits per heavy atom. The van der Waals surface area contributed by atoms with Crippen LogP contribution < -0.4 is 10.6 Å². The van der Waals surface area contributed by atoms with Gasteiger partial charge in [-0.3, -0.25) is 9.48 Å². The third kappa shape index (κ3) is 4.87. The molecule has 0 radical (unpaired) electrons. The van der Waals surface area contributed by atoms with Crippen LogP contribution in [0.15, 0.2) is 12.4 Å². The van der Waals surface area contributed by atoms with E-state index >= 15 is 0 Å². The molecule has 5 nitrogen and oxygen atoms in total. The van der Waals surface area contributed by atoms with Gasteiger partial charge >= 0.3 is 0 Å². The van der Waals surface area contributed by atoms with Crippen molar-refractivity contribution in [2.45, 2.75) is 52.7 Å². The Morgan fingerprint density at radius 3 is 2.72 bits per heavy atom. The summed E-state index contributed by atoms with van der Waals surface area (Å²) >= 11 is 0. The van der Waals surface area contributed by atoms with Crippen LogP contribution in [0.4, 0.5) is 0 Å². The predicted molar refractivity (Wildman–Crippen MR) is 72.2 cm³/mol. The van der Waals surface area contributed by atoms with Gasteiger partial charge in [0.1, 0.15) is 0 Å². The van der Waals surface area contributed by atoms with Gasteiger partial charge in [0.25, 0.3) is 0 Å². The van der Waals surface area contributed by atoms with Gasteiger partial charge in [-0.25, -0.2) is 0 Å². The molecule has 2 N–H and O–H groups in total. The highest BCUT2D eigenvalue weighted by molar-refractivity contribution is 5.76. The van der Waals surface area contributed by atoms with Gasteiger partial charge in [-0.15, -0.1) is 0 Å². The zero-order chi connectivity index (χ0) is 13.5. The number of aromatic nitrogens is 2. The summed E-state index contributed by atoms with van der Waals surface area (Å²) < 4.78 is 1.90. The van der Waals surface area contributed by atoms with E-state index in [-0.39, 0.29) is 18.0 Å². The molecule has 1 atom stereocenters. The van der Waals surface area contributed by atoms with Gasteiger partial charge in [0.15, 0.2) is 0 Å². The minimum Gasteiger partial charge on any atom is -0.354 e. The number of carbonyl (C=O) groups is 1. The summed E-state index contributed by atoms with van der Waals surface area (Å²) in [7, 11) is 0. The van der Waals surface area contributed by atoms with Gasteiger partial charge in [-0.2, -0.15) is 5.10 Å². The lowest BCUT2D eigenvalue weighted by molar-refractivity contribution is -0.121. The van der Waals surface area contributed by atoms with Crippen LogP contribution in [-0.2, 0) is 11.3 Å². The van der Waals surface area contributed by atoms with E-state index in [1.807, 2.05) is 30.9 Å². The second-order valence-corrected chi connectivity index (χ2v) is 4.78. The maximum absolute atomic E-state index is 11.5. The summed E-state index contributed by atoms with van der Waals surface area (Å²) in [5.74, 6) is 0.0916. The molecule has 0 saturated heterocycles. The number of aryl methyl sites for hydroxylation is 1. The zero-order valence-corrected chi connectivity index (χ0v) is 11.7. The van der Waals surface area contributed by atoms with Crippen LogP contribution in [0.25, 0.3) is 0 Å². The van der Waals surface area contributed by atoms with Crippen LogP contribution in [0, 0.1) is 0 Å². The molecule has 0 aromatic carbocycles. The molecule has 1 unspecified atom stereocenters. The maximum atomic E-state index is 11.5. The molecule has 1 aromatic heterocycles. The van der Waals surface area contributed by atoms with Crippen molar-refractivity contribution in [1.82, 2.24) is 20.4 Å². The van der Waals surface area contributed by atoms with Crippen molar-refractivity contribution in [3.05, 3.63) is 18.0 Å². The first-order chi connectivity index (χ1) is 8.52. The Bertz CT molecular complexity index is 373. The topological polar surface area (TPSA) is 59.0 Å². The monoisotopic (exact) mass is 252 g/mol. The molecule has 1 amide bonds. The molecular weight excluding hydrogens is 228 g/mol. The van der Waals surface area contributed by atoms with Crippen molar-refractivity contribution >= 4 is 5.91 Å². The summed E-state index contributed by atoms with van der Waals surface area (Å²) in [6.07, 6.45) is 4.41. The molecule has 0 aliphatic carbocycles. The Morgan fingerprint density at radius 2 is 2.17 bits per heavy atom. The standard InChI is InChI=1S/C13H24N4O/c1-5-17-9-12(8-15-17)11(4)14-7-6-13(18)16-10(2)3/h8-11,14H,5-7H2,1-4H3,(H,16,18). The normalized spacial score (nSPS) is 12.7. The third-order valence-electron chi connectivity index (χ3n) is 2.73. The van der Waals surface area contributed by atoms with Gasteiger partial charge < -0.3 is 10.6 Å². The van der Waals surface area contributed by atoms with Crippen molar-refractivity contribution in [2.75, 3.05) is 6.54 Å². The number of amides is 1. The number of rotatable bonds is 7. The minimum atomic E-state index is 0.0916. The average molecular weight is 252 g/mol. The summed E-state index contributed by atoms with van der Waals surface area (Å²) in [6.45, 7) is 9.63. The smallest absolute Gasteiger partial charge is 0.221 e. The molecule has 1 heterocycles. The van der Waals surface area contributed by atoms with Crippen LogP contribution in [0.2, 0.25) is 0 Å². The first-order valence-electron chi connectivity index (χ1n) is 6.58. The van der Waals surface area contributed by atoms with Gasteiger partial charge in [-0.05, 0) is 27.7 Å². The highest BCUT2D eigenvalue weighted by atomic mass is 16.1. The first kappa shape index (κ1) is 14.7. The first-order valence-corrected chi connectivity index (χ1v) is 6.58. The lowest BCUT2D eigenvalue weighted by atomic mass is 10.2. The Hall–Kier alpha value is -1.36. The van der Waals surface area contributed by atoms with E-state index in [1.54, 1.807) is 0 Å². The highest BCUT2D eigenvalue weighted by Crippen LogP contribution is 2.10. The number of carbonyl (C=O) groups excluding carboxylic acids is 1. The molecular formula is C13H24N4O. The van der Waals surface area contributed by atoms with Crippen LogP contribution in [0.3, 0.4) is 0 Å². The van der Waals surface area contributed by atoms with E-state index < -0.39 is 0 Å². The fourth-order valence-corrected chi connectivity index (χ4v) is 1.69. The fourth-order valence-electron chi connectivity index (χ4n) is 1.69. The lowest BCUT2D eigenvalue weighted by Crippen LogP contribution is -2.33. The molecule has 18 heavy (non-hydrogen) atoms. The molecule has 0 bridgehead atoms. The quantitative estimate of drug-likeness (QED) is 0.772. The summed E-state index contributed by atoms with van der Waals surface area (Å²) in [5.41, 5.74) is 1.15. The third-order valence-corrected chi connectivity index (χ3v) is 2.73. The fraction of sp³-hybridized carbons (Fsp3) is 0.692. The van der Waals surface area contributed by atoms with Crippen molar-refractivity contribution < 1.29 is 4.79 Å². The number of nitrogens with one attached hydrogen (secondary N) is 2. The van der Waals surface area contributed by atoms with Crippen molar-refractivity contribution in [1.29, 1.82) is 0 Å². The molecule has 102 valence electrons. The minimum absolute atomic E-state index is 0.0916. The van der Waals surface area contributed by atoms with E-state index in [0.29, 0.717) is 13.0 Å². The van der Waals surface area contributed by atoms with Crippen LogP contribution in [-0.4, -0.2) is 28.3 Å². The van der Waals surface area contributed by atoms with Gasteiger partial charge in [0, 0.05) is 43.4 Å². The Labute approximate surface area is 109 Å². The van der Waals surface area contributed by atoms with E-state index in [0.717, 1.165) is 12.1 Å². The van der Waals surface area contributed by atoms with Crippen molar-refractivity contribution in [2.24, 2.45) is 0 Å². The average Bonchev–Trinajstić information content (AvgIpc) is 2.76. The van der Waals surface area contributed by atoms with Gasteiger partial charge in [0.05, 0.1) is 6.20 Å². The molecule has 0 aliphatic rings. The number of hydrogen-bond donors (Lipinski definition) is 2.